The van der Waals surface area contributed by atoms with Gasteiger partial charge in [-0.1, -0.05) is 20.8 Å². The predicted molar refractivity (Wildman–Crippen MR) is 64.1 cm³/mol. The number of aryl methyl sites for hydroxylation is 2. The van der Waals surface area contributed by atoms with Crippen LogP contribution in [0.2, 0.25) is 0 Å². The SMILES string of the molecule is CCn1ncnc1CCCC(O)C(C)(C)C. The zero-order valence-electron chi connectivity index (χ0n) is 10.8. The molecule has 0 saturated carbocycles. The van der Waals surface area contributed by atoms with Crippen LogP contribution in [0.25, 0.3) is 0 Å². The van der Waals surface area contributed by atoms with Crippen LogP contribution in [0, 0.1) is 5.41 Å². The molecule has 0 fully saturated rings. The van der Waals surface area contributed by atoms with Crippen LogP contribution in [0.3, 0.4) is 0 Å². The van der Waals surface area contributed by atoms with Crippen molar-refractivity contribution in [2.24, 2.45) is 5.41 Å². The minimum Gasteiger partial charge on any atom is -0.393 e. The normalized spacial score (nSPS) is 14.1. The molecule has 1 rings (SSSR count). The molecule has 1 unspecified atom stereocenters. The molecule has 0 aliphatic carbocycles. The lowest BCUT2D eigenvalue weighted by molar-refractivity contribution is 0.0539. The highest BCUT2D eigenvalue weighted by molar-refractivity contribution is 4.85. The molecule has 0 amide bonds. The third-order valence-corrected chi connectivity index (χ3v) is 2.87. The molecule has 0 saturated heterocycles. The third kappa shape index (κ3) is 3.59. The fraction of sp³-hybridized carbons (Fsp3) is 0.833. The fourth-order valence-electron chi connectivity index (χ4n) is 1.63. The van der Waals surface area contributed by atoms with Crippen LogP contribution in [0.15, 0.2) is 6.33 Å². The van der Waals surface area contributed by atoms with E-state index < -0.39 is 0 Å². The molecule has 1 N–H and O–H groups in total. The van der Waals surface area contributed by atoms with E-state index in [9.17, 15) is 5.11 Å². The van der Waals surface area contributed by atoms with Crippen LogP contribution in [-0.4, -0.2) is 26.0 Å². The Balaban J connectivity index is 2.36. The second-order valence-corrected chi connectivity index (χ2v) is 5.27. The molecule has 0 aliphatic rings. The van der Waals surface area contributed by atoms with Crippen molar-refractivity contribution in [3.05, 3.63) is 12.2 Å². The van der Waals surface area contributed by atoms with Crippen molar-refractivity contribution in [1.82, 2.24) is 14.8 Å². The van der Waals surface area contributed by atoms with Gasteiger partial charge in [0, 0.05) is 13.0 Å². The highest BCUT2D eigenvalue weighted by Gasteiger charge is 2.21. The Hall–Kier alpha value is -0.900. The number of hydrogen-bond acceptors (Lipinski definition) is 3. The lowest BCUT2D eigenvalue weighted by atomic mass is 9.86. The summed E-state index contributed by atoms with van der Waals surface area (Å²) in [5.41, 5.74) is -0.0293. The van der Waals surface area contributed by atoms with Gasteiger partial charge in [-0.25, -0.2) is 4.98 Å². The fourth-order valence-corrected chi connectivity index (χ4v) is 1.63. The summed E-state index contributed by atoms with van der Waals surface area (Å²) in [5.74, 6) is 1.02. The predicted octanol–water partition coefficient (Wildman–Crippen LogP) is 2.03. The van der Waals surface area contributed by atoms with Gasteiger partial charge in [0.2, 0.25) is 0 Å². The molecule has 4 nitrogen and oxygen atoms in total. The quantitative estimate of drug-likeness (QED) is 0.834. The summed E-state index contributed by atoms with van der Waals surface area (Å²) in [6.07, 6.45) is 4.02. The Morgan fingerprint density at radius 2 is 2.12 bits per heavy atom. The number of aliphatic hydroxyl groups excluding tert-OH is 1. The van der Waals surface area contributed by atoms with E-state index in [1.807, 2.05) is 4.68 Å². The molecule has 16 heavy (non-hydrogen) atoms. The Labute approximate surface area is 97.7 Å². The first-order valence-electron chi connectivity index (χ1n) is 6.00. The van der Waals surface area contributed by atoms with Crippen LogP contribution in [0.4, 0.5) is 0 Å². The Morgan fingerprint density at radius 3 is 2.69 bits per heavy atom. The molecule has 0 aromatic carbocycles. The van der Waals surface area contributed by atoms with Crippen LogP contribution >= 0.6 is 0 Å². The molecular formula is C12H23N3O. The molecule has 1 aromatic heterocycles. The summed E-state index contributed by atoms with van der Waals surface area (Å²) in [5, 5.41) is 14.0. The van der Waals surface area contributed by atoms with E-state index in [0.717, 1.165) is 31.6 Å². The van der Waals surface area contributed by atoms with E-state index in [4.69, 9.17) is 0 Å². The van der Waals surface area contributed by atoms with Crippen molar-refractivity contribution in [2.75, 3.05) is 0 Å². The molecule has 0 spiro atoms. The summed E-state index contributed by atoms with van der Waals surface area (Å²) >= 11 is 0. The van der Waals surface area contributed by atoms with Gasteiger partial charge >= 0.3 is 0 Å². The molecule has 1 atom stereocenters. The first kappa shape index (κ1) is 13.2. The zero-order chi connectivity index (χ0) is 12.2. The molecule has 92 valence electrons. The maximum atomic E-state index is 9.90. The molecule has 0 bridgehead atoms. The summed E-state index contributed by atoms with van der Waals surface area (Å²) in [6, 6.07) is 0. The number of aromatic nitrogens is 3. The summed E-state index contributed by atoms with van der Waals surface area (Å²) in [6.45, 7) is 9.10. The second-order valence-electron chi connectivity index (χ2n) is 5.27. The van der Waals surface area contributed by atoms with Crippen molar-refractivity contribution >= 4 is 0 Å². The number of aliphatic hydroxyl groups is 1. The summed E-state index contributed by atoms with van der Waals surface area (Å²) in [7, 11) is 0. The van der Waals surface area contributed by atoms with E-state index in [-0.39, 0.29) is 11.5 Å². The lowest BCUT2D eigenvalue weighted by Crippen LogP contribution is -2.25. The number of hydrogen-bond donors (Lipinski definition) is 1. The second kappa shape index (κ2) is 5.43. The first-order valence-corrected chi connectivity index (χ1v) is 6.00. The number of rotatable bonds is 5. The van der Waals surface area contributed by atoms with Gasteiger partial charge in [-0.05, 0) is 25.2 Å². The van der Waals surface area contributed by atoms with Crippen molar-refractivity contribution in [2.45, 2.75) is 59.6 Å². The first-order chi connectivity index (χ1) is 7.45. The van der Waals surface area contributed by atoms with Gasteiger partial charge in [0.25, 0.3) is 0 Å². The maximum Gasteiger partial charge on any atom is 0.138 e. The minimum atomic E-state index is -0.245. The van der Waals surface area contributed by atoms with Crippen LogP contribution in [0.1, 0.15) is 46.4 Å². The van der Waals surface area contributed by atoms with Gasteiger partial charge in [-0.3, -0.25) is 4.68 Å². The topological polar surface area (TPSA) is 50.9 Å². The zero-order valence-corrected chi connectivity index (χ0v) is 10.8. The molecule has 4 heteroatoms. The Bertz CT molecular complexity index is 314. The van der Waals surface area contributed by atoms with Gasteiger partial charge in [0.05, 0.1) is 6.10 Å². The van der Waals surface area contributed by atoms with Gasteiger partial charge in [-0.15, -0.1) is 0 Å². The van der Waals surface area contributed by atoms with Gasteiger partial charge in [0.1, 0.15) is 12.2 Å². The van der Waals surface area contributed by atoms with Crippen LogP contribution in [0.5, 0.6) is 0 Å². The highest BCUT2D eigenvalue weighted by Crippen LogP contribution is 2.23. The Kier molecular flexibility index (Phi) is 4.47. The van der Waals surface area contributed by atoms with Gasteiger partial charge in [0.15, 0.2) is 0 Å². The van der Waals surface area contributed by atoms with Gasteiger partial charge in [-0.2, -0.15) is 5.10 Å². The lowest BCUT2D eigenvalue weighted by Gasteiger charge is -2.25. The minimum absolute atomic E-state index is 0.0293. The third-order valence-electron chi connectivity index (χ3n) is 2.87. The largest absolute Gasteiger partial charge is 0.393 e. The van der Waals surface area contributed by atoms with Crippen molar-refractivity contribution in [3.8, 4) is 0 Å². The van der Waals surface area contributed by atoms with E-state index in [1.165, 1.54) is 0 Å². The maximum absolute atomic E-state index is 9.90. The van der Waals surface area contributed by atoms with Gasteiger partial charge < -0.3 is 5.11 Å². The highest BCUT2D eigenvalue weighted by atomic mass is 16.3. The van der Waals surface area contributed by atoms with Crippen LogP contribution < -0.4 is 0 Å². The van der Waals surface area contributed by atoms with Crippen molar-refractivity contribution in [3.63, 3.8) is 0 Å². The smallest absolute Gasteiger partial charge is 0.138 e. The molecular weight excluding hydrogens is 202 g/mol. The monoisotopic (exact) mass is 225 g/mol. The standard InChI is InChI=1S/C12H23N3O/c1-5-15-11(13-9-14-15)8-6-7-10(16)12(2,3)4/h9-10,16H,5-8H2,1-4H3. The molecule has 1 aromatic rings. The van der Waals surface area contributed by atoms with Crippen molar-refractivity contribution in [1.29, 1.82) is 0 Å². The molecule has 0 aliphatic heterocycles. The average molecular weight is 225 g/mol. The van der Waals surface area contributed by atoms with Crippen LogP contribution in [-0.2, 0) is 13.0 Å². The van der Waals surface area contributed by atoms with E-state index in [2.05, 4.69) is 37.8 Å². The van der Waals surface area contributed by atoms with E-state index >= 15 is 0 Å². The summed E-state index contributed by atoms with van der Waals surface area (Å²) in [4.78, 5) is 4.22. The van der Waals surface area contributed by atoms with E-state index in [1.54, 1.807) is 6.33 Å². The number of nitrogens with zero attached hydrogens (tertiary/aromatic N) is 3. The molecule has 1 heterocycles. The molecule has 0 radical (unpaired) electrons. The Morgan fingerprint density at radius 1 is 1.44 bits per heavy atom. The summed E-state index contributed by atoms with van der Waals surface area (Å²) < 4.78 is 1.91. The average Bonchev–Trinajstić information content (AvgIpc) is 2.63. The van der Waals surface area contributed by atoms with Crippen molar-refractivity contribution < 1.29 is 5.11 Å². The van der Waals surface area contributed by atoms with E-state index in [0.29, 0.717) is 0 Å².